The Balaban J connectivity index is 1.35. The monoisotopic (exact) mass is 426 g/mol. The molecule has 0 radical (unpaired) electrons. The molecule has 3 heterocycles. The van der Waals surface area contributed by atoms with Crippen LogP contribution in [0.3, 0.4) is 0 Å². The van der Waals surface area contributed by atoms with E-state index in [2.05, 4.69) is 21.7 Å². The Kier molecular flexibility index (Phi) is 9.37. The van der Waals surface area contributed by atoms with Gasteiger partial charge < -0.3 is 28.7 Å². The summed E-state index contributed by atoms with van der Waals surface area (Å²) in [5.41, 5.74) is 0. The summed E-state index contributed by atoms with van der Waals surface area (Å²) in [7, 11) is 7.43. The van der Waals surface area contributed by atoms with E-state index in [0.717, 1.165) is 65.4 Å². The molecule has 0 saturated carbocycles. The molecule has 0 N–H and O–H groups in total. The van der Waals surface area contributed by atoms with Gasteiger partial charge in [0.05, 0.1) is 12.6 Å². The van der Waals surface area contributed by atoms with E-state index in [-0.39, 0.29) is 36.8 Å². The average Bonchev–Trinajstić information content (AvgIpc) is 3.06. The smallest absolute Gasteiger partial charge is 0.248 e. The van der Waals surface area contributed by atoms with Crippen LogP contribution in [0.25, 0.3) is 0 Å². The Morgan fingerprint density at radius 2 is 1.57 bits per heavy atom. The first-order valence-electron chi connectivity index (χ1n) is 11.2. The van der Waals surface area contributed by atoms with Crippen molar-refractivity contribution in [1.82, 2.24) is 19.6 Å². The molecule has 3 aliphatic rings. The van der Waals surface area contributed by atoms with Crippen LogP contribution in [0.15, 0.2) is 0 Å². The Morgan fingerprint density at radius 1 is 0.967 bits per heavy atom. The van der Waals surface area contributed by atoms with Gasteiger partial charge in [0.2, 0.25) is 5.91 Å². The summed E-state index contributed by atoms with van der Waals surface area (Å²) >= 11 is 0. The molecule has 0 spiro atoms. The van der Waals surface area contributed by atoms with E-state index in [1.807, 2.05) is 12.7 Å². The van der Waals surface area contributed by atoms with Crippen molar-refractivity contribution in [3.05, 3.63) is 0 Å². The van der Waals surface area contributed by atoms with Crippen molar-refractivity contribution in [2.24, 2.45) is 0 Å². The van der Waals surface area contributed by atoms with Gasteiger partial charge in [-0.25, -0.2) is 0 Å². The zero-order chi connectivity index (χ0) is 21.5. The normalized spacial score (nSPS) is 32.0. The second-order valence-corrected chi connectivity index (χ2v) is 8.68. The minimum atomic E-state index is -0.260. The summed E-state index contributed by atoms with van der Waals surface area (Å²) in [5, 5.41) is 0. The van der Waals surface area contributed by atoms with Crippen LogP contribution < -0.4 is 0 Å². The fraction of sp³-hybridized carbons (Fsp3) is 0.950. The van der Waals surface area contributed by atoms with E-state index in [4.69, 9.17) is 18.9 Å². The summed E-state index contributed by atoms with van der Waals surface area (Å²) < 4.78 is 22.6. The van der Waals surface area contributed by atoms with E-state index in [9.17, 15) is 4.79 Å². The molecule has 4 atom stereocenters. The van der Waals surface area contributed by atoms with Crippen LogP contribution in [0.4, 0.5) is 0 Å². The lowest BCUT2D eigenvalue weighted by Gasteiger charge is -2.37. The van der Waals surface area contributed by atoms with E-state index in [0.29, 0.717) is 6.61 Å². The molecule has 3 fully saturated rings. The number of methoxy groups -OCH3 is 2. The Morgan fingerprint density at radius 3 is 2.13 bits per heavy atom. The molecule has 172 valence electrons. The number of hydrogen-bond acceptors (Lipinski definition) is 8. The highest BCUT2D eigenvalue weighted by molar-refractivity contribution is 6.11. The minimum Gasteiger partial charge on any atom is -0.382 e. The lowest BCUT2D eigenvalue weighted by molar-refractivity contribution is -0.142. The van der Waals surface area contributed by atoms with E-state index in [1.165, 1.54) is 0 Å². The van der Waals surface area contributed by atoms with Gasteiger partial charge in [0.15, 0.2) is 0 Å². The molecule has 3 saturated heterocycles. The Labute approximate surface area is 181 Å². The molecule has 9 nitrogen and oxygen atoms in total. The van der Waals surface area contributed by atoms with Crippen molar-refractivity contribution in [1.29, 1.82) is 0 Å². The summed E-state index contributed by atoms with van der Waals surface area (Å²) in [5.74, 6) is 0.0472. The number of carbonyl (C=O) groups is 1. The molecule has 1 unspecified atom stereocenters. The topological polar surface area (TPSA) is 67.0 Å². The molecular weight excluding hydrogens is 387 g/mol. The van der Waals surface area contributed by atoms with Gasteiger partial charge in [-0.15, -0.1) is 0 Å². The van der Waals surface area contributed by atoms with Crippen molar-refractivity contribution in [3.8, 4) is 0 Å². The highest BCUT2D eigenvalue weighted by Gasteiger charge is 2.43. The first-order valence-corrected chi connectivity index (χ1v) is 11.2. The second-order valence-electron chi connectivity index (χ2n) is 8.68. The average molecular weight is 426 g/mol. The minimum absolute atomic E-state index is 0.0472. The van der Waals surface area contributed by atoms with Gasteiger partial charge in [-0.2, -0.15) is 0 Å². The molecule has 0 bridgehead atoms. The Hall–Kier alpha value is -0.745. The number of rotatable bonds is 9. The van der Waals surface area contributed by atoms with Gasteiger partial charge in [-0.1, -0.05) is 0 Å². The van der Waals surface area contributed by atoms with Crippen LogP contribution >= 0.6 is 0 Å². The summed E-state index contributed by atoms with van der Waals surface area (Å²) in [6.45, 7) is 10.7. The number of piperazine rings is 2. The van der Waals surface area contributed by atoms with Crippen molar-refractivity contribution < 1.29 is 23.7 Å². The highest BCUT2D eigenvalue weighted by Crippen LogP contribution is 2.25. The molecule has 3 rings (SSSR count). The predicted molar refractivity (Wildman–Crippen MR) is 117 cm³/mol. The third-order valence-electron chi connectivity index (χ3n) is 6.60. The number of nitrogens with zero attached hydrogens (tertiary/aromatic N) is 4. The number of likely N-dealkylation sites (N-methyl/N-ethyl adjacent to an activating group) is 1. The van der Waals surface area contributed by atoms with Crippen LogP contribution in [0.2, 0.25) is 0 Å². The van der Waals surface area contributed by atoms with Crippen LogP contribution in [0.5, 0.6) is 0 Å². The van der Waals surface area contributed by atoms with Gasteiger partial charge in [0, 0.05) is 79.7 Å². The third-order valence-corrected chi connectivity index (χ3v) is 6.60. The van der Waals surface area contributed by atoms with Crippen molar-refractivity contribution >= 4 is 13.8 Å². The lowest BCUT2D eigenvalue weighted by atomic mass is 9.93. The summed E-state index contributed by atoms with van der Waals surface area (Å²) in [6, 6.07) is -0.130. The molecule has 0 aromatic heterocycles. The van der Waals surface area contributed by atoms with Gasteiger partial charge in [0.1, 0.15) is 32.8 Å². The predicted octanol–water partition coefficient (Wildman–Crippen LogP) is -2.22. The van der Waals surface area contributed by atoms with Crippen LogP contribution in [-0.2, 0) is 23.7 Å². The van der Waals surface area contributed by atoms with Gasteiger partial charge in [0.25, 0.3) is 0 Å². The number of hydrogen-bond donors (Lipinski definition) is 0. The largest absolute Gasteiger partial charge is 0.382 e. The van der Waals surface area contributed by atoms with Crippen molar-refractivity contribution in [2.75, 3.05) is 99.9 Å². The van der Waals surface area contributed by atoms with E-state index in [1.54, 1.807) is 14.2 Å². The maximum absolute atomic E-state index is 12.7. The standard InChI is InChI=1S/C20H39BN4O5/c1-22-4-6-23(7-5-22)8-9-24-10-12-25(13-11-24)17(26)15-29-19-18(28-3)16(14-27-2)30-20(19)21/h16,18-20H,4-15,21H2,1-3H3/t16-,18?,19+,20-/m1/s1. The highest BCUT2D eigenvalue weighted by atomic mass is 16.6. The zero-order valence-electron chi connectivity index (χ0n) is 19.1. The molecular formula is C20H39BN4O5. The van der Waals surface area contributed by atoms with E-state index < -0.39 is 0 Å². The second kappa shape index (κ2) is 11.8. The van der Waals surface area contributed by atoms with E-state index >= 15 is 0 Å². The van der Waals surface area contributed by atoms with Crippen LogP contribution in [0.1, 0.15) is 0 Å². The number of carbonyl (C=O) groups excluding carboxylic acids is 1. The van der Waals surface area contributed by atoms with Crippen LogP contribution in [-0.4, -0.2) is 158 Å². The van der Waals surface area contributed by atoms with Crippen molar-refractivity contribution in [2.45, 2.75) is 24.3 Å². The molecule has 0 aliphatic carbocycles. The number of amides is 1. The fourth-order valence-corrected chi connectivity index (χ4v) is 4.56. The third kappa shape index (κ3) is 6.38. The molecule has 10 heteroatoms. The fourth-order valence-electron chi connectivity index (χ4n) is 4.56. The summed E-state index contributed by atoms with van der Waals surface area (Å²) in [6.07, 6.45) is -0.651. The number of ether oxygens (including phenoxy) is 4. The summed E-state index contributed by atoms with van der Waals surface area (Å²) in [4.78, 5) is 22.0. The Bertz CT molecular complexity index is 529. The van der Waals surface area contributed by atoms with Crippen LogP contribution in [0, 0.1) is 0 Å². The molecule has 30 heavy (non-hydrogen) atoms. The SMILES string of the molecule is B[C@@H]1O[C@H](COC)C(OC)[C@@H]1OCC(=O)N1CCN(CCN2CCN(C)CC2)CC1. The maximum atomic E-state index is 12.7. The lowest BCUT2D eigenvalue weighted by Crippen LogP contribution is -2.52. The first kappa shape index (κ1) is 23.9. The molecule has 1 amide bonds. The molecule has 0 aromatic rings. The quantitative estimate of drug-likeness (QED) is 0.385. The van der Waals surface area contributed by atoms with Crippen molar-refractivity contribution in [3.63, 3.8) is 0 Å². The van der Waals surface area contributed by atoms with Gasteiger partial charge >= 0.3 is 0 Å². The molecule has 0 aromatic carbocycles. The first-order chi connectivity index (χ1) is 14.5. The van der Waals surface area contributed by atoms with Gasteiger partial charge in [-0.05, 0) is 7.05 Å². The molecule has 3 aliphatic heterocycles. The zero-order valence-corrected chi connectivity index (χ0v) is 19.1. The maximum Gasteiger partial charge on any atom is 0.248 e. The van der Waals surface area contributed by atoms with Gasteiger partial charge in [-0.3, -0.25) is 14.6 Å².